The molecule has 5 atom stereocenters. The van der Waals surface area contributed by atoms with Crippen LogP contribution >= 0.6 is 23.4 Å². The van der Waals surface area contributed by atoms with Gasteiger partial charge in [-0.3, -0.25) is 4.79 Å². The summed E-state index contributed by atoms with van der Waals surface area (Å²) in [6.45, 7) is 0.497. The zero-order valence-corrected chi connectivity index (χ0v) is 17.1. The van der Waals surface area contributed by atoms with Gasteiger partial charge in [0, 0.05) is 16.8 Å². The molecule has 1 amide bonds. The largest absolute Gasteiger partial charge is 0.390 e. The minimum atomic E-state index is -1.01. The van der Waals surface area contributed by atoms with Crippen molar-refractivity contribution in [3.63, 3.8) is 0 Å². The Labute approximate surface area is 178 Å². The Bertz CT molecular complexity index is 909. The molecule has 2 aromatic carbocycles. The number of nitrogens with two attached hydrogens (primary N) is 1. The standard InChI is InChI=1S/C21H22ClN3O3S/c22-13-6-8-14(9-7-13)24-21-25(11-12-4-2-1-3-5-12)17-18(27)16(26)10-15(20(23)28)19(17)29-21/h1-9,15-19,26-27H,10-11H2,(H2,23,28). The van der Waals surface area contributed by atoms with Crippen molar-refractivity contribution >= 4 is 40.1 Å². The van der Waals surface area contributed by atoms with E-state index in [2.05, 4.69) is 0 Å². The van der Waals surface area contributed by atoms with Gasteiger partial charge in [-0.15, -0.1) is 0 Å². The van der Waals surface area contributed by atoms with Crippen LogP contribution in [-0.2, 0) is 11.3 Å². The van der Waals surface area contributed by atoms with E-state index in [0.717, 1.165) is 11.3 Å². The molecule has 4 N–H and O–H groups in total. The minimum Gasteiger partial charge on any atom is -0.390 e. The van der Waals surface area contributed by atoms with Crippen LogP contribution in [0.4, 0.5) is 5.69 Å². The maximum Gasteiger partial charge on any atom is 0.221 e. The smallest absolute Gasteiger partial charge is 0.221 e. The van der Waals surface area contributed by atoms with Gasteiger partial charge in [0.25, 0.3) is 0 Å². The highest BCUT2D eigenvalue weighted by atomic mass is 35.5. The van der Waals surface area contributed by atoms with E-state index in [9.17, 15) is 15.0 Å². The SMILES string of the molecule is NC(=O)C1CC(O)C(O)C2C1SC(=Nc1ccc(Cl)cc1)N2Cc1ccccc1. The number of amides is 1. The van der Waals surface area contributed by atoms with Gasteiger partial charge in [-0.05, 0) is 36.2 Å². The molecule has 6 nitrogen and oxygen atoms in total. The Morgan fingerprint density at radius 2 is 1.86 bits per heavy atom. The molecular weight excluding hydrogens is 410 g/mol. The van der Waals surface area contributed by atoms with Crippen molar-refractivity contribution in [2.75, 3.05) is 0 Å². The lowest BCUT2D eigenvalue weighted by Gasteiger charge is -2.41. The molecule has 152 valence electrons. The number of fused-ring (bicyclic) bond motifs is 1. The van der Waals surface area contributed by atoms with E-state index >= 15 is 0 Å². The highest BCUT2D eigenvalue weighted by Crippen LogP contribution is 2.45. The second-order valence-electron chi connectivity index (χ2n) is 7.36. The van der Waals surface area contributed by atoms with Gasteiger partial charge < -0.3 is 20.8 Å². The Hall–Kier alpha value is -2.06. The molecule has 2 aliphatic rings. The number of primary amides is 1. The van der Waals surface area contributed by atoms with Crippen LogP contribution in [0, 0.1) is 5.92 Å². The number of amidine groups is 1. The number of halogens is 1. The fourth-order valence-corrected chi connectivity index (χ4v) is 5.68. The highest BCUT2D eigenvalue weighted by molar-refractivity contribution is 8.14. The Morgan fingerprint density at radius 3 is 2.52 bits per heavy atom. The summed E-state index contributed by atoms with van der Waals surface area (Å²) in [5.74, 6) is -1.01. The number of carbonyl (C=O) groups excluding carboxylic acids is 1. The van der Waals surface area contributed by atoms with Gasteiger partial charge in [0.05, 0.1) is 23.8 Å². The number of rotatable bonds is 4. The Balaban J connectivity index is 1.74. The predicted molar refractivity (Wildman–Crippen MR) is 115 cm³/mol. The molecule has 1 aliphatic heterocycles. The van der Waals surface area contributed by atoms with Crippen molar-refractivity contribution < 1.29 is 15.0 Å². The molecular formula is C21H22ClN3O3S. The first-order chi connectivity index (χ1) is 13.9. The Morgan fingerprint density at radius 1 is 1.17 bits per heavy atom. The van der Waals surface area contributed by atoms with Gasteiger partial charge in [-0.1, -0.05) is 53.7 Å². The van der Waals surface area contributed by atoms with Crippen LogP contribution in [0.3, 0.4) is 0 Å². The number of aliphatic hydroxyl groups is 2. The van der Waals surface area contributed by atoms with Crippen LogP contribution in [0.15, 0.2) is 59.6 Å². The maximum atomic E-state index is 12.1. The molecule has 1 heterocycles. The first-order valence-corrected chi connectivity index (χ1v) is 10.7. The van der Waals surface area contributed by atoms with E-state index in [0.29, 0.717) is 16.7 Å². The fraction of sp³-hybridized carbons (Fsp3) is 0.333. The molecule has 4 rings (SSSR count). The first-order valence-electron chi connectivity index (χ1n) is 9.41. The topological polar surface area (TPSA) is 99.2 Å². The second-order valence-corrected chi connectivity index (χ2v) is 8.94. The van der Waals surface area contributed by atoms with Gasteiger partial charge in [-0.2, -0.15) is 0 Å². The number of hydrogen-bond donors (Lipinski definition) is 3. The van der Waals surface area contributed by atoms with Crippen molar-refractivity contribution in [3.05, 3.63) is 65.2 Å². The van der Waals surface area contributed by atoms with Gasteiger partial charge in [0.1, 0.15) is 6.10 Å². The summed E-state index contributed by atoms with van der Waals surface area (Å²) >= 11 is 7.41. The van der Waals surface area contributed by atoms with Crippen LogP contribution in [0.5, 0.6) is 0 Å². The third-order valence-electron chi connectivity index (χ3n) is 5.43. The van der Waals surface area contributed by atoms with Crippen molar-refractivity contribution in [1.82, 2.24) is 4.90 Å². The van der Waals surface area contributed by atoms with Crippen molar-refractivity contribution in [1.29, 1.82) is 0 Å². The van der Waals surface area contributed by atoms with Crippen molar-refractivity contribution in [2.45, 2.75) is 36.5 Å². The summed E-state index contributed by atoms with van der Waals surface area (Å²) in [4.78, 5) is 18.8. The number of nitrogens with zero attached hydrogens (tertiary/aromatic N) is 2. The number of benzene rings is 2. The zero-order valence-electron chi connectivity index (χ0n) is 15.6. The molecule has 29 heavy (non-hydrogen) atoms. The van der Waals surface area contributed by atoms with E-state index in [1.165, 1.54) is 11.8 Å². The van der Waals surface area contributed by atoms with Crippen molar-refractivity contribution in [2.24, 2.45) is 16.6 Å². The molecule has 0 aromatic heterocycles. The lowest BCUT2D eigenvalue weighted by Crippen LogP contribution is -2.58. The summed E-state index contributed by atoms with van der Waals surface area (Å²) < 4.78 is 0. The van der Waals surface area contributed by atoms with E-state index in [-0.39, 0.29) is 11.7 Å². The number of thioether (sulfide) groups is 1. The van der Waals surface area contributed by atoms with Crippen LogP contribution in [-0.4, -0.2) is 49.7 Å². The van der Waals surface area contributed by atoms with Crippen LogP contribution in [0.1, 0.15) is 12.0 Å². The molecule has 8 heteroatoms. The summed E-state index contributed by atoms with van der Waals surface area (Å²) in [5.41, 5.74) is 7.39. The van der Waals surface area contributed by atoms with Crippen LogP contribution in [0.2, 0.25) is 5.02 Å². The molecule has 5 unspecified atom stereocenters. The van der Waals surface area contributed by atoms with Crippen molar-refractivity contribution in [3.8, 4) is 0 Å². The average molecular weight is 432 g/mol. The van der Waals surface area contributed by atoms with Gasteiger partial charge in [0.15, 0.2) is 5.17 Å². The normalized spacial score (nSPS) is 30.4. The lowest BCUT2D eigenvalue weighted by molar-refractivity contribution is -0.128. The van der Waals surface area contributed by atoms with E-state index < -0.39 is 30.1 Å². The molecule has 2 fully saturated rings. The molecule has 1 saturated heterocycles. The molecule has 0 spiro atoms. The predicted octanol–water partition coefficient (Wildman–Crippen LogP) is 2.54. The highest BCUT2D eigenvalue weighted by Gasteiger charge is 2.54. The fourth-order valence-electron chi connectivity index (χ4n) is 3.97. The van der Waals surface area contributed by atoms with E-state index in [4.69, 9.17) is 22.3 Å². The first kappa shape index (κ1) is 20.2. The molecule has 0 bridgehead atoms. The number of carbonyl (C=O) groups is 1. The number of aliphatic hydroxyl groups excluding tert-OH is 2. The summed E-state index contributed by atoms with van der Waals surface area (Å²) in [5, 5.41) is 22.2. The summed E-state index contributed by atoms with van der Waals surface area (Å²) in [6.07, 6.45) is -1.86. The zero-order chi connectivity index (χ0) is 20.5. The van der Waals surface area contributed by atoms with Gasteiger partial charge >= 0.3 is 0 Å². The van der Waals surface area contributed by atoms with Gasteiger partial charge in [0.2, 0.25) is 5.91 Å². The van der Waals surface area contributed by atoms with E-state index in [1.807, 2.05) is 47.4 Å². The second kappa shape index (κ2) is 8.36. The molecule has 0 radical (unpaired) electrons. The minimum absolute atomic E-state index is 0.151. The van der Waals surface area contributed by atoms with Crippen LogP contribution in [0.25, 0.3) is 0 Å². The van der Waals surface area contributed by atoms with Crippen LogP contribution < -0.4 is 5.73 Å². The molecule has 2 aromatic rings. The van der Waals surface area contributed by atoms with E-state index in [1.54, 1.807) is 12.1 Å². The third-order valence-corrected chi connectivity index (χ3v) is 7.10. The third kappa shape index (κ3) is 4.14. The maximum absolute atomic E-state index is 12.1. The number of hydrogen-bond acceptors (Lipinski definition) is 5. The monoisotopic (exact) mass is 431 g/mol. The lowest BCUT2D eigenvalue weighted by atomic mass is 9.80. The quantitative estimate of drug-likeness (QED) is 0.690. The average Bonchev–Trinajstić information content (AvgIpc) is 3.05. The summed E-state index contributed by atoms with van der Waals surface area (Å²) in [6, 6.07) is 16.5. The molecule has 1 saturated carbocycles. The number of aliphatic imine (C=N–C) groups is 1. The summed E-state index contributed by atoms with van der Waals surface area (Å²) in [7, 11) is 0. The Kier molecular flexibility index (Phi) is 5.83. The molecule has 1 aliphatic carbocycles. The van der Waals surface area contributed by atoms with Gasteiger partial charge in [-0.25, -0.2) is 4.99 Å².